The molecular formula is C22H19F2NO. The highest BCUT2D eigenvalue weighted by Gasteiger charge is 2.28. The Morgan fingerprint density at radius 3 is 1.88 bits per heavy atom. The summed E-state index contributed by atoms with van der Waals surface area (Å²) in [5, 5.41) is 0. The van der Waals surface area contributed by atoms with E-state index in [0.717, 1.165) is 23.3 Å². The van der Waals surface area contributed by atoms with Crippen molar-refractivity contribution in [3.05, 3.63) is 107 Å². The van der Waals surface area contributed by atoms with Crippen LogP contribution in [0.15, 0.2) is 78.9 Å². The molecule has 0 aliphatic carbocycles. The lowest BCUT2D eigenvalue weighted by Crippen LogP contribution is -2.36. The van der Waals surface area contributed by atoms with E-state index < -0.39 is 17.5 Å². The lowest BCUT2D eigenvalue weighted by molar-refractivity contribution is 0.0712. The van der Waals surface area contributed by atoms with Crippen molar-refractivity contribution in [1.82, 2.24) is 4.90 Å². The molecule has 3 aromatic rings. The third kappa shape index (κ3) is 3.64. The molecule has 0 radical (unpaired) electrons. The van der Waals surface area contributed by atoms with Crippen molar-refractivity contribution in [3.63, 3.8) is 0 Å². The first-order valence-electron chi connectivity index (χ1n) is 8.47. The number of carbonyl (C=O) groups excluding carboxylic acids is 1. The number of rotatable bonds is 5. The van der Waals surface area contributed by atoms with Crippen LogP contribution in [0.2, 0.25) is 0 Å². The maximum absolute atomic E-state index is 14.2. The molecule has 0 atom stereocenters. The van der Waals surface area contributed by atoms with Gasteiger partial charge in [0.15, 0.2) is 0 Å². The lowest BCUT2D eigenvalue weighted by Gasteiger charge is -2.32. The molecule has 0 fully saturated rings. The molecule has 0 heterocycles. The molecule has 1 amide bonds. The van der Waals surface area contributed by atoms with Crippen LogP contribution in [-0.2, 0) is 0 Å². The van der Waals surface area contributed by atoms with Gasteiger partial charge in [0.05, 0.1) is 11.6 Å². The third-order valence-corrected chi connectivity index (χ3v) is 4.31. The Hall–Kier alpha value is -3.01. The molecule has 0 aliphatic heterocycles. The molecule has 3 aromatic carbocycles. The number of hydrogen-bond acceptors (Lipinski definition) is 1. The smallest absolute Gasteiger partial charge is 0.257 e. The van der Waals surface area contributed by atoms with Gasteiger partial charge in [-0.1, -0.05) is 60.7 Å². The zero-order valence-corrected chi connectivity index (χ0v) is 14.4. The van der Waals surface area contributed by atoms with Gasteiger partial charge in [-0.3, -0.25) is 4.79 Å². The van der Waals surface area contributed by atoms with Crippen molar-refractivity contribution >= 4 is 5.91 Å². The van der Waals surface area contributed by atoms with Gasteiger partial charge in [0.2, 0.25) is 0 Å². The molecule has 0 saturated carbocycles. The maximum Gasteiger partial charge on any atom is 0.257 e. The monoisotopic (exact) mass is 351 g/mol. The summed E-state index contributed by atoms with van der Waals surface area (Å²) in [6.07, 6.45) is 0. The Balaban J connectivity index is 2.07. The minimum Gasteiger partial charge on any atom is -0.328 e. The summed E-state index contributed by atoms with van der Waals surface area (Å²) in [4.78, 5) is 14.7. The first-order valence-corrected chi connectivity index (χ1v) is 8.47. The molecule has 4 heteroatoms. The zero-order chi connectivity index (χ0) is 18.5. The van der Waals surface area contributed by atoms with Crippen LogP contribution in [0.1, 0.15) is 34.5 Å². The van der Waals surface area contributed by atoms with Crippen LogP contribution in [-0.4, -0.2) is 17.4 Å². The van der Waals surface area contributed by atoms with Gasteiger partial charge in [0, 0.05) is 12.6 Å². The highest BCUT2D eigenvalue weighted by molar-refractivity contribution is 5.95. The van der Waals surface area contributed by atoms with Crippen molar-refractivity contribution in [1.29, 1.82) is 0 Å². The van der Waals surface area contributed by atoms with E-state index in [0.29, 0.717) is 6.54 Å². The Labute approximate surface area is 151 Å². The summed E-state index contributed by atoms with van der Waals surface area (Å²) >= 11 is 0. The van der Waals surface area contributed by atoms with Gasteiger partial charge in [-0.15, -0.1) is 0 Å². The fourth-order valence-electron chi connectivity index (χ4n) is 3.08. The largest absolute Gasteiger partial charge is 0.328 e. The van der Waals surface area contributed by atoms with E-state index in [4.69, 9.17) is 0 Å². The number of benzene rings is 3. The van der Waals surface area contributed by atoms with Gasteiger partial charge in [-0.2, -0.15) is 0 Å². The van der Waals surface area contributed by atoms with Gasteiger partial charge >= 0.3 is 0 Å². The average Bonchev–Trinajstić information content (AvgIpc) is 2.67. The Morgan fingerprint density at radius 1 is 0.885 bits per heavy atom. The van der Waals surface area contributed by atoms with Crippen LogP contribution in [0.4, 0.5) is 8.78 Å². The average molecular weight is 351 g/mol. The van der Waals surface area contributed by atoms with Crippen LogP contribution in [0.25, 0.3) is 0 Å². The van der Waals surface area contributed by atoms with Crippen LogP contribution in [0, 0.1) is 11.6 Å². The molecule has 0 saturated heterocycles. The molecule has 132 valence electrons. The van der Waals surface area contributed by atoms with E-state index in [1.165, 1.54) is 6.07 Å². The first-order chi connectivity index (χ1) is 12.6. The van der Waals surface area contributed by atoms with Gasteiger partial charge < -0.3 is 4.90 Å². The normalized spacial score (nSPS) is 10.8. The van der Waals surface area contributed by atoms with Crippen LogP contribution in [0.5, 0.6) is 0 Å². The van der Waals surface area contributed by atoms with Crippen LogP contribution >= 0.6 is 0 Å². The number of hydrogen-bond donors (Lipinski definition) is 0. The van der Waals surface area contributed by atoms with Crippen molar-refractivity contribution in [3.8, 4) is 0 Å². The summed E-state index contributed by atoms with van der Waals surface area (Å²) < 4.78 is 27.4. The number of halogens is 2. The fraction of sp³-hybridized carbons (Fsp3) is 0.136. The molecule has 0 N–H and O–H groups in total. The second-order valence-corrected chi connectivity index (χ2v) is 5.94. The quantitative estimate of drug-likeness (QED) is 0.617. The van der Waals surface area contributed by atoms with Gasteiger partial charge in [0.1, 0.15) is 11.6 Å². The predicted octanol–water partition coefficient (Wildman–Crippen LogP) is 5.22. The summed E-state index contributed by atoms with van der Waals surface area (Å²) in [6, 6.07) is 21.9. The minimum atomic E-state index is -0.853. The molecule has 0 bridgehead atoms. The van der Waals surface area contributed by atoms with Crippen molar-refractivity contribution in [2.45, 2.75) is 13.0 Å². The topological polar surface area (TPSA) is 20.3 Å². The van der Waals surface area contributed by atoms with Crippen molar-refractivity contribution in [2.24, 2.45) is 0 Å². The predicted molar refractivity (Wildman–Crippen MR) is 97.8 cm³/mol. The molecule has 0 unspecified atom stereocenters. The SMILES string of the molecule is CCN(C(=O)c1ccc(F)cc1F)C(c1ccccc1)c1ccccc1. The second kappa shape index (κ2) is 7.91. The van der Waals surface area contributed by atoms with Crippen LogP contribution < -0.4 is 0 Å². The summed E-state index contributed by atoms with van der Waals surface area (Å²) in [6.45, 7) is 2.22. The first kappa shape index (κ1) is 17.8. The standard InChI is InChI=1S/C22H19F2NO/c1-2-25(22(26)19-14-13-18(23)15-20(19)24)21(16-9-5-3-6-10-16)17-11-7-4-8-12-17/h3-15,21H,2H2,1H3. The van der Waals surface area contributed by atoms with Crippen molar-refractivity contribution in [2.75, 3.05) is 6.54 Å². The fourth-order valence-corrected chi connectivity index (χ4v) is 3.08. The zero-order valence-electron chi connectivity index (χ0n) is 14.4. The summed E-state index contributed by atoms with van der Waals surface area (Å²) in [5.74, 6) is -2.03. The van der Waals surface area contributed by atoms with E-state index in [2.05, 4.69) is 0 Å². The van der Waals surface area contributed by atoms with E-state index in [1.807, 2.05) is 67.6 Å². The summed E-state index contributed by atoms with van der Waals surface area (Å²) in [5.41, 5.74) is 1.72. The van der Waals surface area contributed by atoms with E-state index in [1.54, 1.807) is 4.90 Å². The molecule has 26 heavy (non-hydrogen) atoms. The third-order valence-electron chi connectivity index (χ3n) is 4.31. The Morgan fingerprint density at radius 2 is 1.42 bits per heavy atom. The number of amides is 1. The molecule has 0 aliphatic rings. The molecule has 3 rings (SSSR count). The van der Waals surface area contributed by atoms with E-state index in [-0.39, 0.29) is 11.6 Å². The number of nitrogens with zero attached hydrogens (tertiary/aromatic N) is 1. The highest BCUT2D eigenvalue weighted by atomic mass is 19.1. The van der Waals surface area contributed by atoms with E-state index in [9.17, 15) is 13.6 Å². The van der Waals surface area contributed by atoms with E-state index >= 15 is 0 Å². The van der Waals surface area contributed by atoms with Gasteiger partial charge in [-0.05, 0) is 30.2 Å². The minimum absolute atomic E-state index is 0.134. The molecule has 2 nitrogen and oxygen atoms in total. The van der Waals surface area contributed by atoms with Gasteiger partial charge in [-0.25, -0.2) is 8.78 Å². The molecule has 0 aromatic heterocycles. The Bertz CT molecular complexity index is 842. The van der Waals surface area contributed by atoms with Gasteiger partial charge in [0.25, 0.3) is 5.91 Å². The molecule has 0 spiro atoms. The Kier molecular flexibility index (Phi) is 5.42. The summed E-state index contributed by atoms with van der Waals surface area (Å²) in [7, 11) is 0. The number of carbonyl (C=O) groups is 1. The van der Waals surface area contributed by atoms with Crippen LogP contribution in [0.3, 0.4) is 0 Å². The lowest BCUT2D eigenvalue weighted by atomic mass is 9.96. The second-order valence-electron chi connectivity index (χ2n) is 5.94. The highest BCUT2D eigenvalue weighted by Crippen LogP contribution is 2.30. The molecular weight excluding hydrogens is 332 g/mol. The maximum atomic E-state index is 14.2. The van der Waals surface area contributed by atoms with Crippen molar-refractivity contribution < 1.29 is 13.6 Å².